The van der Waals surface area contributed by atoms with Crippen molar-refractivity contribution in [1.29, 1.82) is 0 Å². The number of nitrogens with two attached hydrogens (primary N) is 2. The van der Waals surface area contributed by atoms with E-state index in [4.69, 9.17) is 25.7 Å². The van der Waals surface area contributed by atoms with Crippen LogP contribution in [0.1, 0.15) is 59.9 Å². The summed E-state index contributed by atoms with van der Waals surface area (Å²) in [6.07, 6.45) is -0.960. The van der Waals surface area contributed by atoms with E-state index >= 15 is 4.79 Å². The summed E-state index contributed by atoms with van der Waals surface area (Å²) >= 11 is 0. The van der Waals surface area contributed by atoms with Crippen molar-refractivity contribution in [2.24, 2.45) is 23.3 Å². The van der Waals surface area contributed by atoms with Crippen LogP contribution in [0, 0.1) is 23.7 Å². The predicted octanol–water partition coefficient (Wildman–Crippen LogP) is 3.14. The predicted molar refractivity (Wildman–Crippen MR) is 224 cm³/mol. The molecule has 6 amide bonds. The molecule has 7 atom stereocenters. The van der Waals surface area contributed by atoms with Crippen LogP contribution in [-0.4, -0.2) is 84.8 Å². The molecule has 0 aliphatic carbocycles. The number of rotatable bonds is 11. The van der Waals surface area contributed by atoms with E-state index in [-0.39, 0.29) is 31.0 Å². The fourth-order valence-electron chi connectivity index (χ4n) is 9.03. The van der Waals surface area contributed by atoms with E-state index < -0.39 is 83.3 Å². The van der Waals surface area contributed by atoms with Gasteiger partial charge >= 0.3 is 24.0 Å². The average Bonchev–Trinajstić information content (AvgIpc) is 3.73. The van der Waals surface area contributed by atoms with Crippen molar-refractivity contribution in [3.63, 3.8) is 0 Å². The highest BCUT2D eigenvalue weighted by molar-refractivity contribution is 6.25. The Hall–Kier alpha value is -7.22. The van der Waals surface area contributed by atoms with Gasteiger partial charge in [0.2, 0.25) is 11.8 Å². The molecule has 0 aromatic heterocycles. The number of carbonyl (C=O) groups is 6. The van der Waals surface area contributed by atoms with Crippen LogP contribution in [0.25, 0.3) is 0 Å². The maximum Gasteiger partial charge on any atom is 0.329 e. The number of cyclic esters (lactones) is 1. The third-order valence-corrected chi connectivity index (χ3v) is 11.5. The second-order valence-electron chi connectivity index (χ2n) is 15.4. The van der Waals surface area contributed by atoms with Gasteiger partial charge in [0.25, 0.3) is 0 Å². The van der Waals surface area contributed by atoms with E-state index in [2.05, 4.69) is 22.5 Å². The fourth-order valence-corrected chi connectivity index (χ4v) is 9.03. The summed E-state index contributed by atoms with van der Waals surface area (Å²) in [6, 6.07) is 23.1. The number of aliphatic hydroxyl groups excluding tert-OH is 1. The van der Waals surface area contributed by atoms with Crippen LogP contribution >= 0.6 is 0 Å². The number of hydrogen-bond acceptors (Lipinski definition) is 11. The molecule has 3 aliphatic rings. The van der Waals surface area contributed by atoms with E-state index in [9.17, 15) is 29.1 Å². The lowest BCUT2D eigenvalue weighted by atomic mass is 9.65. The van der Waals surface area contributed by atoms with E-state index in [0.717, 1.165) is 4.90 Å². The van der Waals surface area contributed by atoms with Crippen LogP contribution in [0.4, 0.5) is 15.3 Å². The zero-order valence-corrected chi connectivity index (χ0v) is 34.1. The maximum atomic E-state index is 16.0. The Morgan fingerprint density at radius 1 is 0.887 bits per heavy atom. The number of imide groups is 1. The molecular formula is C46H46N6O10. The number of urea groups is 2. The number of nitrogens with one attached hydrogen (secondary N) is 2. The van der Waals surface area contributed by atoms with Crippen LogP contribution in [-0.2, 0) is 34.1 Å². The molecule has 0 saturated carbocycles. The summed E-state index contributed by atoms with van der Waals surface area (Å²) < 4.78 is 17.0. The number of ether oxygens (including phenoxy) is 3. The molecule has 320 valence electrons. The molecule has 2 fully saturated rings. The molecule has 0 bridgehead atoms. The van der Waals surface area contributed by atoms with Crippen molar-refractivity contribution in [2.45, 2.75) is 49.5 Å². The highest BCUT2D eigenvalue weighted by Crippen LogP contribution is 2.65. The van der Waals surface area contributed by atoms with Gasteiger partial charge in [0.05, 0.1) is 44.0 Å². The minimum Gasteiger partial charge on any atom is -0.491 e. The number of carbonyl (C=O) groups excluding carboxylic acids is 6. The number of morpholine rings is 1. The number of hydrogen-bond donors (Lipinski definition) is 5. The molecule has 7 rings (SSSR count). The van der Waals surface area contributed by atoms with Crippen molar-refractivity contribution in [1.82, 2.24) is 15.5 Å². The lowest BCUT2D eigenvalue weighted by Gasteiger charge is -2.46. The van der Waals surface area contributed by atoms with Gasteiger partial charge < -0.3 is 41.4 Å². The van der Waals surface area contributed by atoms with E-state index in [1.54, 1.807) is 55.1 Å². The first-order valence-corrected chi connectivity index (χ1v) is 19.9. The smallest absolute Gasteiger partial charge is 0.329 e. The van der Waals surface area contributed by atoms with Crippen molar-refractivity contribution >= 4 is 41.5 Å². The van der Waals surface area contributed by atoms with Crippen LogP contribution < -0.4 is 31.7 Å². The zero-order chi connectivity index (χ0) is 44.3. The Bertz CT molecular complexity index is 2440. The SMILES string of the molecule is COC(=O)C(NC(=O)N1C(=O)C2(c3cc(C#CCNC(N)=O)ccc31)C(C(N)=O)C1C(=O)OC(c3ccccc3)C(c3ccccc3)N1C2c1ccc(OCCO)cc1)C(C)C. The van der Waals surface area contributed by atoms with Crippen molar-refractivity contribution in [2.75, 3.05) is 31.8 Å². The number of fused-ring (bicyclic) bond motifs is 3. The van der Waals surface area contributed by atoms with E-state index in [1.807, 2.05) is 60.7 Å². The monoisotopic (exact) mass is 842 g/mol. The number of amides is 6. The Morgan fingerprint density at radius 2 is 1.55 bits per heavy atom. The van der Waals surface area contributed by atoms with Gasteiger partial charge in [0.15, 0.2) is 0 Å². The normalized spacial score (nSPS) is 23.0. The van der Waals surface area contributed by atoms with Gasteiger partial charge in [-0.2, -0.15) is 0 Å². The standard InChI is InChI=1S/C46H46N6O10/c1-26(2)35(41(55)60-3)50-45(59)51-33-21-16-27(11-10-22-49-44(48)58)25-32(33)46(43(51)57)34(40(47)54)37-42(56)62-38(29-14-8-5-9-15-29)36(28-12-6-4-7-13-28)52(37)39(46)30-17-19-31(20-18-30)61-24-23-53/h4-9,12-21,25-26,34-39,53H,22-24H2,1-3H3,(H2,47,54)(H,50,59)(H3,48,49,58). The van der Waals surface area contributed by atoms with Crippen LogP contribution in [0.5, 0.6) is 5.75 Å². The first-order valence-electron chi connectivity index (χ1n) is 19.9. The molecule has 16 heteroatoms. The lowest BCUT2D eigenvalue weighted by molar-refractivity contribution is -0.178. The number of anilines is 1. The summed E-state index contributed by atoms with van der Waals surface area (Å²) in [5.41, 5.74) is 11.8. The molecule has 7 N–H and O–H groups in total. The van der Waals surface area contributed by atoms with Gasteiger partial charge in [0.1, 0.15) is 36.0 Å². The van der Waals surface area contributed by atoms with Crippen LogP contribution in [0.3, 0.4) is 0 Å². The topological polar surface area (TPSA) is 233 Å². The Morgan fingerprint density at radius 3 is 2.15 bits per heavy atom. The van der Waals surface area contributed by atoms with Gasteiger partial charge in [-0.3, -0.25) is 19.3 Å². The quantitative estimate of drug-likeness (QED) is 0.109. The zero-order valence-electron chi connectivity index (χ0n) is 34.1. The van der Waals surface area contributed by atoms with Gasteiger partial charge in [0, 0.05) is 5.56 Å². The van der Waals surface area contributed by atoms with E-state index in [1.165, 1.54) is 13.2 Å². The molecule has 3 aliphatic heterocycles. The van der Waals surface area contributed by atoms with Crippen LogP contribution in [0.2, 0.25) is 0 Å². The number of primary amides is 2. The fraction of sp³-hybridized carbons (Fsp3) is 0.304. The van der Waals surface area contributed by atoms with Crippen molar-refractivity contribution < 1.29 is 48.1 Å². The highest BCUT2D eigenvalue weighted by atomic mass is 16.6. The first-order chi connectivity index (χ1) is 29.8. The summed E-state index contributed by atoms with van der Waals surface area (Å²) in [4.78, 5) is 87.0. The lowest BCUT2D eigenvalue weighted by Crippen LogP contribution is -2.57. The summed E-state index contributed by atoms with van der Waals surface area (Å²) in [7, 11) is 1.18. The summed E-state index contributed by atoms with van der Waals surface area (Å²) in [5.74, 6) is 0.519. The van der Waals surface area contributed by atoms with Gasteiger partial charge in [-0.15, -0.1) is 0 Å². The summed E-state index contributed by atoms with van der Waals surface area (Å²) in [6.45, 7) is 3.03. The maximum absolute atomic E-state index is 16.0. The Labute approximate surface area is 357 Å². The minimum atomic E-state index is -2.14. The van der Waals surface area contributed by atoms with E-state index in [0.29, 0.717) is 28.0 Å². The highest BCUT2D eigenvalue weighted by Gasteiger charge is 2.75. The third-order valence-electron chi connectivity index (χ3n) is 11.5. The van der Waals surface area contributed by atoms with Crippen molar-refractivity contribution in [3.8, 4) is 17.6 Å². The molecule has 4 aromatic rings. The van der Waals surface area contributed by atoms with Gasteiger partial charge in [-0.05, 0) is 58.5 Å². The van der Waals surface area contributed by atoms with Gasteiger partial charge in [-0.1, -0.05) is 98.5 Å². The molecule has 3 heterocycles. The number of methoxy groups -OCH3 is 1. The molecule has 4 aromatic carbocycles. The number of aliphatic hydroxyl groups is 1. The molecule has 2 saturated heterocycles. The molecule has 7 unspecified atom stereocenters. The minimum absolute atomic E-state index is 0.00297. The molecule has 62 heavy (non-hydrogen) atoms. The molecule has 16 nitrogen and oxygen atoms in total. The summed E-state index contributed by atoms with van der Waals surface area (Å²) in [5, 5.41) is 14.5. The number of esters is 2. The van der Waals surface area contributed by atoms with Crippen molar-refractivity contribution in [3.05, 3.63) is 131 Å². The third kappa shape index (κ3) is 7.56. The number of benzene rings is 4. The first kappa shape index (κ1) is 42.9. The average molecular weight is 843 g/mol. The second-order valence-corrected chi connectivity index (χ2v) is 15.4. The second kappa shape index (κ2) is 17.8. The Balaban J connectivity index is 1.54. The van der Waals surface area contributed by atoms with Gasteiger partial charge in [-0.25, -0.2) is 19.3 Å². The largest absolute Gasteiger partial charge is 0.491 e. The molecular weight excluding hydrogens is 797 g/mol. The molecule has 0 radical (unpaired) electrons. The van der Waals surface area contributed by atoms with Crippen LogP contribution in [0.15, 0.2) is 103 Å². The Kier molecular flexibility index (Phi) is 12.3. The number of nitrogens with zero attached hydrogens (tertiary/aromatic N) is 2. The molecule has 1 spiro atoms.